The van der Waals surface area contributed by atoms with Crippen LogP contribution >= 0.6 is 0 Å². The van der Waals surface area contributed by atoms with Crippen molar-refractivity contribution in [3.05, 3.63) is 45.6 Å². The van der Waals surface area contributed by atoms with E-state index in [1.807, 2.05) is 0 Å². The summed E-state index contributed by atoms with van der Waals surface area (Å²) in [5.74, 6) is -3.47. The molecule has 15 heavy (non-hydrogen) atoms. The summed E-state index contributed by atoms with van der Waals surface area (Å²) >= 11 is 0. The highest BCUT2D eigenvalue weighted by Gasteiger charge is 2.19. The summed E-state index contributed by atoms with van der Waals surface area (Å²) in [4.78, 5) is 2.33. The number of hydrogen-bond acceptors (Lipinski definition) is 2. The summed E-state index contributed by atoms with van der Waals surface area (Å²) in [5.41, 5.74) is 7.45. The molecule has 0 aromatic heterocycles. The van der Waals surface area contributed by atoms with Gasteiger partial charge in [-0.15, -0.1) is 0 Å². The van der Waals surface area contributed by atoms with Gasteiger partial charge in [-0.1, -0.05) is 5.11 Å². The monoisotopic (exact) mass is 217 g/mol. The maximum Gasteiger partial charge on any atom is 0.132 e. The number of rotatable bonds is 3. The molecule has 0 heterocycles. The van der Waals surface area contributed by atoms with Crippen molar-refractivity contribution >= 4 is 0 Å². The van der Waals surface area contributed by atoms with E-state index in [1.165, 1.54) is 0 Å². The molecule has 0 bridgehead atoms. The van der Waals surface area contributed by atoms with Gasteiger partial charge in [0.2, 0.25) is 0 Å². The standard InChI is InChI=1S/C8H6F3N3O/c9-4-1-5(10)8(6(11)2-4)7(3-15)13-14-12/h1-2,7,15H,3H2. The first-order chi connectivity index (χ1) is 7.10. The highest BCUT2D eigenvalue weighted by atomic mass is 19.1. The van der Waals surface area contributed by atoms with Gasteiger partial charge >= 0.3 is 0 Å². The molecule has 0 aliphatic rings. The molecule has 0 aliphatic heterocycles. The molecule has 0 radical (unpaired) electrons. The fraction of sp³-hybridized carbons (Fsp3) is 0.250. The Hall–Kier alpha value is -1.72. The van der Waals surface area contributed by atoms with Crippen molar-refractivity contribution in [1.82, 2.24) is 0 Å². The second-order valence-corrected chi connectivity index (χ2v) is 2.69. The minimum atomic E-state index is -1.39. The van der Waals surface area contributed by atoms with Crippen LogP contribution in [0.2, 0.25) is 0 Å². The van der Waals surface area contributed by atoms with Gasteiger partial charge in [-0.25, -0.2) is 13.2 Å². The molecule has 0 fully saturated rings. The van der Waals surface area contributed by atoms with Crippen LogP contribution < -0.4 is 0 Å². The van der Waals surface area contributed by atoms with Gasteiger partial charge in [0, 0.05) is 22.6 Å². The number of hydrogen-bond donors (Lipinski definition) is 1. The fourth-order valence-corrected chi connectivity index (χ4v) is 1.12. The van der Waals surface area contributed by atoms with Crippen molar-refractivity contribution < 1.29 is 18.3 Å². The molecule has 0 saturated carbocycles. The van der Waals surface area contributed by atoms with Crippen molar-refractivity contribution in [2.45, 2.75) is 6.04 Å². The Bertz CT molecular complexity index is 395. The quantitative estimate of drug-likeness (QED) is 0.471. The second kappa shape index (κ2) is 4.68. The molecule has 4 nitrogen and oxygen atoms in total. The molecule has 1 unspecified atom stereocenters. The third-order valence-electron chi connectivity index (χ3n) is 1.74. The molecule has 0 spiro atoms. The number of azide groups is 1. The molecule has 0 amide bonds. The molecule has 0 saturated heterocycles. The summed E-state index contributed by atoms with van der Waals surface area (Å²) in [5, 5.41) is 11.7. The third kappa shape index (κ3) is 2.39. The Morgan fingerprint density at radius 2 is 1.87 bits per heavy atom. The Kier molecular flexibility index (Phi) is 3.54. The van der Waals surface area contributed by atoms with E-state index in [2.05, 4.69) is 10.0 Å². The number of aliphatic hydroxyl groups is 1. The van der Waals surface area contributed by atoms with Crippen LogP contribution in [-0.4, -0.2) is 11.7 Å². The van der Waals surface area contributed by atoms with Crippen LogP contribution in [0, 0.1) is 17.5 Å². The average Bonchev–Trinajstić information content (AvgIpc) is 2.14. The summed E-state index contributed by atoms with van der Waals surface area (Å²) in [6, 6.07) is -0.488. The van der Waals surface area contributed by atoms with Crippen LogP contribution in [-0.2, 0) is 0 Å². The van der Waals surface area contributed by atoms with E-state index < -0.39 is 35.7 Å². The average molecular weight is 217 g/mol. The molecular formula is C8H6F3N3O. The smallest absolute Gasteiger partial charge is 0.132 e. The number of halogens is 3. The van der Waals surface area contributed by atoms with E-state index in [-0.39, 0.29) is 0 Å². The minimum Gasteiger partial charge on any atom is -0.396 e. The zero-order chi connectivity index (χ0) is 11.4. The number of benzene rings is 1. The largest absolute Gasteiger partial charge is 0.396 e. The minimum absolute atomic E-state index is 0.452. The number of aliphatic hydroxyl groups excluding tert-OH is 1. The van der Waals surface area contributed by atoms with E-state index >= 15 is 0 Å². The van der Waals surface area contributed by atoms with Crippen LogP contribution in [0.25, 0.3) is 10.4 Å². The Labute approximate surface area is 82.6 Å². The molecule has 1 N–H and O–H groups in total. The van der Waals surface area contributed by atoms with Crippen LogP contribution in [0.4, 0.5) is 13.2 Å². The molecule has 1 aromatic carbocycles. The Morgan fingerprint density at radius 3 is 2.27 bits per heavy atom. The van der Waals surface area contributed by atoms with Gasteiger partial charge in [0.05, 0.1) is 12.6 Å². The van der Waals surface area contributed by atoms with E-state index in [9.17, 15) is 13.2 Å². The molecule has 1 rings (SSSR count). The first kappa shape index (κ1) is 11.4. The predicted octanol–water partition coefficient (Wildman–Crippen LogP) is 2.45. The normalized spacial score (nSPS) is 12.0. The van der Waals surface area contributed by atoms with Crippen molar-refractivity contribution in [3.63, 3.8) is 0 Å². The predicted molar refractivity (Wildman–Crippen MR) is 45.3 cm³/mol. The third-order valence-corrected chi connectivity index (χ3v) is 1.74. The van der Waals surface area contributed by atoms with E-state index in [1.54, 1.807) is 0 Å². The van der Waals surface area contributed by atoms with Crippen LogP contribution in [0.3, 0.4) is 0 Å². The highest BCUT2D eigenvalue weighted by Crippen LogP contribution is 2.24. The lowest BCUT2D eigenvalue weighted by atomic mass is 10.1. The molecule has 0 aliphatic carbocycles. The van der Waals surface area contributed by atoms with Crippen molar-refractivity contribution in [2.75, 3.05) is 6.61 Å². The lowest BCUT2D eigenvalue weighted by Gasteiger charge is -2.10. The van der Waals surface area contributed by atoms with Gasteiger partial charge < -0.3 is 5.11 Å². The maximum absolute atomic E-state index is 13.1. The number of nitrogens with zero attached hydrogens (tertiary/aromatic N) is 3. The van der Waals surface area contributed by atoms with Gasteiger partial charge in [0.1, 0.15) is 17.5 Å². The summed E-state index contributed by atoms with van der Waals surface area (Å²) in [6.45, 7) is -0.760. The van der Waals surface area contributed by atoms with Crippen molar-refractivity contribution in [1.29, 1.82) is 0 Å². The van der Waals surface area contributed by atoms with Gasteiger partial charge in [0.15, 0.2) is 0 Å². The Balaban J connectivity index is 3.28. The molecule has 80 valence electrons. The fourth-order valence-electron chi connectivity index (χ4n) is 1.12. The topological polar surface area (TPSA) is 69.0 Å². The van der Waals surface area contributed by atoms with E-state index in [0.29, 0.717) is 12.1 Å². The highest BCUT2D eigenvalue weighted by molar-refractivity contribution is 5.24. The van der Waals surface area contributed by atoms with E-state index in [0.717, 1.165) is 0 Å². The van der Waals surface area contributed by atoms with Crippen LogP contribution in [0.15, 0.2) is 17.2 Å². The molecule has 7 heteroatoms. The van der Waals surface area contributed by atoms with Crippen LogP contribution in [0.5, 0.6) is 0 Å². The first-order valence-corrected chi connectivity index (χ1v) is 3.89. The maximum atomic E-state index is 13.1. The van der Waals surface area contributed by atoms with Gasteiger partial charge in [0.25, 0.3) is 0 Å². The van der Waals surface area contributed by atoms with Gasteiger partial charge in [-0.3, -0.25) is 0 Å². The SMILES string of the molecule is [N-]=[N+]=NC(CO)c1c(F)cc(F)cc1F. The summed E-state index contributed by atoms with van der Waals surface area (Å²) in [6.07, 6.45) is 0. The molecular weight excluding hydrogens is 211 g/mol. The summed E-state index contributed by atoms with van der Waals surface area (Å²) in [7, 11) is 0. The Morgan fingerprint density at radius 1 is 1.33 bits per heavy atom. The second-order valence-electron chi connectivity index (χ2n) is 2.69. The van der Waals surface area contributed by atoms with Crippen molar-refractivity contribution in [3.8, 4) is 0 Å². The lowest BCUT2D eigenvalue weighted by Crippen LogP contribution is -2.06. The molecule has 1 aromatic rings. The van der Waals surface area contributed by atoms with Crippen molar-refractivity contribution in [2.24, 2.45) is 5.11 Å². The van der Waals surface area contributed by atoms with Gasteiger partial charge in [-0.05, 0) is 5.53 Å². The summed E-state index contributed by atoms with van der Waals surface area (Å²) < 4.78 is 38.7. The van der Waals surface area contributed by atoms with Gasteiger partial charge in [-0.2, -0.15) is 0 Å². The zero-order valence-corrected chi connectivity index (χ0v) is 7.36. The zero-order valence-electron chi connectivity index (χ0n) is 7.36. The first-order valence-electron chi connectivity index (χ1n) is 3.89. The van der Waals surface area contributed by atoms with Crippen LogP contribution in [0.1, 0.15) is 11.6 Å². The lowest BCUT2D eigenvalue weighted by molar-refractivity contribution is 0.262. The van der Waals surface area contributed by atoms with E-state index in [4.69, 9.17) is 10.6 Å². The molecule has 1 atom stereocenters.